The summed E-state index contributed by atoms with van der Waals surface area (Å²) >= 11 is 0. The van der Waals surface area contributed by atoms with Crippen molar-refractivity contribution in [2.45, 2.75) is 0 Å². The number of aliphatic hydroxyl groups excluding tert-OH is 2. The molecule has 0 heterocycles. The van der Waals surface area contributed by atoms with Crippen LogP contribution in [0.2, 0.25) is 0 Å². The number of para-hydroxylation sites is 8. The van der Waals surface area contributed by atoms with Crippen LogP contribution in [0.5, 0.6) is 46.0 Å². The Kier molecular flexibility index (Phi) is 26.2. The van der Waals surface area contributed by atoms with E-state index in [0.717, 1.165) is 14.2 Å². The van der Waals surface area contributed by atoms with Crippen LogP contribution in [-0.2, 0) is 0 Å². The molecular formula is C46H44DyN4NaO10. The van der Waals surface area contributed by atoms with E-state index in [9.17, 15) is 20.4 Å². The van der Waals surface area contributed by atoms with Gasteiger partial charge in [0.05, 0.1) is 51.2 Å². The quantitative estimate of drug-likeness (QED) is 0.135. The maximum absolute atomic E-state index is 12.2. The number of ether oxygens (including phenoxy) is 4. The van der Waals surface area contributed by atoms with Crippen molar-refractivity contribution in [1.82, 2.24) is 0 Å². The van der Waals surface area contributed by atoms with Crippen molar-refractivity contribution in [3.63, 3.8) is 0 Å². The molecular weight excluding hydrogens is 954 g/mol. The fourth-order valence-electron chi connectivity index (χ4n) is 5.10. The average Bonchev–Trinajstić information content (AvgIpc) is 3.29. The van der Waals surface area contributed by atoms with Gasteiger partial charge in [0, 0.05) is 39.1 Å². The summed E-state index contributed by atoms with van der Waals surface area (Å²) in [5.41, 5.74) is 3.90. The van der Waals surface area contributed by atoms with Gasteiger partial charge in [-0.1, -0.05) is 95.8 Å². The zero-order valence-corrected chi connectivity index (χ0v) is 39.2. The first-order valence-electron chi connectivity index (χ1n) is 17.9. The summed E-state index contributed by atoms with van der Waals surface area (Å²) in [6, 6.07) is 34.4. The molecule has 1 radical (unpaired) electrons. The molecule has 0 aliphatic carbocycles. The van der Waals surface area contributed by atoms with E-state index < -0.39 is 0 Å². The normalized spacial score (nSPS) is 10.3. The number of aliphatic imine (C=N–C) groups is 4. The maximum Gasteiger partial charge on any atom is 3.00 e. The van der Waals surface area contributed by atoms with Gasteiger partial charge in [0.25, 0.3) is 0 Å². The summed E-state index contributed by atoms with van der Waals surface area (Å²) < 4.78 is 20.2. The van der Waals surface area contributed by atoms with Crippen molar-refractivity contribution >= 4 is 47.6 Å². The van der Waals surface area contributed by atoms with Crippen molar-refractivity contribution in [3.05, 3.63) is 144 Å². The van der Waals surface area contributed by atoms with Gasteiger partial charge in [-0.3, -0.25) is 20.0 Å². The largest absolute Gasteiger partial charge is 3.00 e. The van der Waals surface area contributed by atoms with Crippen molar-refractivity contribution in [1.29, 1.82) is 0 Å². The van der Waals surface area contributed by atoms with Crippen LogP contribution in [0.1, 0.15) is 22.3 Å². The number of hydrogen-bond donors (Lipinski definition) is 2. The fraction of sp³-hybridized carbons (Fsp3) is 0.130. The van der Waals surface area contributed by atoms with E-state index >= 15 is 0 Å². The van der Waals surface area contributed by atoms with Crippen LogP contribution in [0.25, 0.3) is 0 Å². The first-order chi connectivity index (χ1) is 29.3. The molecule has 0 aliphatic rings. The van der Waals surface area contributed by atoms with Crippen LogP contribution in [0.15, 0.2) is 141 Å². The fourth-order valence-corrected chi connectivity index (χ4v) is 5.10. The minimum Gasteiger partial charge on any atom is -0.870 e. The van der Waals surface area contributed by atoms with Crippen LogP contribution in [0, 0.1) is 38.2 Å². The molecule has 0 saturated carbocycles. The summed E-state index contributed by atoms with van der Waals surface area (Å²) in [7, 11) is 7.80. The number of rotatable bonds is 12. The van der Waals surface area contributed by atoms with Crippen molar-refractivity contribution in [3.8, 4) is 46.0 Å². The zero-order valence-electron chi connectivity index (χ0n) is 35.1. The Morgan fingerprint density at radius 1 is 0.355 bits per heavy atom. The first-order valence-corrected chi connectivity index (χ1v) is 17.9. The van der Waals surface area contributed by atoms with Crippen LogP contribution in [-0.4, -0.2) is 77.7 Å². The third kappa shape index (κ3) is 15.5. The maximum atomic E-state index is 12.2. The molecule has 2 N–H and O–H groups in total. The molecule has 6 aromatic rings. The minimum absolute atomic E-state index is 0. The van der Waals surface area contributed by atoms with E-state index in [1.807, 2.05) is 24.3 Å². The number of aliphatic hydroxyl groups is 2. The van der Waals surface area contributed by atoms with Gasteiger partial charge in [0.2, 0.25) is 0 Å². The van der Waals surface area contributed by atoms with E-state index in [1.54, 1.807) is 97.1 Å². The molecule has 14 nitrogen and oxygen atoms in total. The van der Waals surface area contributed by atoms with Gasteiger partial charge in [-0.25, -0.2) is 0 Å². The van der Waals surface area contributed by atoms with Crippen LogP contribution in [0.3, 0.4) is 0 Å². The monoisotopic (exact) mass is 999 g/mol. The Bertz CT molecular complexity index is 2080. The Balaban J connectivity index is 0.000000557. The Morgan fingerprint density at radius 3 is 0.726 bits per heavy atom. The average molecular weight is 998 g/mol. The Hall–Kier alpha value is -5.41. The second-order valence-electron chi connectivity index (χ2n) is 11.5. The van der Waals surface area contributed by atoms with Crippen molar-refractivity contribution < 1.29 is 117 Å². The van der Waals surface area contributed by atoms with Gasteiger partial charge in [-0.15, -0.1) is 0 Å². The van der Waals surface area contributed by atoms with Crippen LogP contribution in [0.4, 0.5) is 22.7 Å². The number of benzene rings is 6. The van der Waals surface area contributed by atoms with Gasteiger partial charge in [-0.2, -0.15) is 0 Å². The van der Waals surface area contributed by atoms with Crippen LogP contribution < -0.4 is 68.9 Å². The standard InChI is InChI=1S/2C22H20N2O4.2CH4O.Dy.Na/c2*1-27-19-11-5-7-15(21(19)25)13-23-17-9-3-4-10-18(17)24-14-16-8-6-12-20(28-2)22(16)26;2*1-2;;/h2*3-14,25-26H,1-2H3;2*2H,1H3;;/q;;;;+3;+1/p-4. The van der Waals surface area contributed by atoms with E-state index in [1.165, 1.54) is 53.3 Å². The van der Waals surface area contributed by atoms with Gasteiger partial charge < -0.3 is 49.6 Å². The van der Waals surface area contributed by atoms with Crippen molar-refractivity contribution in [2.75, 3.05) is 42.7 Å². The van der Waals surface area contributed by atoms with E-state index in [-0.39, 0.29) is 114 Å². The predicted molar refractivity (Wildman–Crippen MR) is 228 cm³/mol. The molecule has 16 heteroatoms. The van der Waals surface area contributed by atoms with Crippen LogP contribution >= 0.6 is 0 Å². The second kappa shape index (κ2) is 29.8. The summed E-state index contributed by atoms with van der Waals surface area (Å²) in [4.78, 5) is 17.5. The summed E-state index contributed by atoms with van der Waals surface area (Å²) in [6.07, 6.45) is 5.90. The molecule has 0 aliphatic heterocycles. The molecule has 0 aromatic heterocycles. The molecule has 0 bridgehead atoms. The molecule has 0 spiro atoms. The molecule has 0 unspecified atom stereocenters. The van der Waals surface area contributed by atoms with E-state index in [0.29, 0.717) is 45.0 Å². The summed E-state index contributed by atoms with van der Waals surface area (Å²) in [5, 5.41) is 62.9. The zero-order chi connectivity index (χ0) is 43.9. The number of nitrogens with zero attached hydrogens (tertiary/aromatic N) is 4. The molecule has 0 saturated heterocycles. The predicted octanol–water partition coefficient (Wildman–Crippen LogP) is 2.93. The second-order valence-corrected chi connectivity index (χ2v) is 11.5. The molecule has 0 fully saturated rings. The summed E-state index contributed by atoms with van der Waals surface area (Å²) in [6.45, 7) is 0. The molecule has 0 amide bonds. The Morgan fingerprint density at radius 2 is 0.548 bits per heavy atom. The first kappa shape index (κ1) is 54.6. The Labute approximate surface area is 413 Å². The number of methoxy groups -OCH3 is 4. The molecule has 62 heavy (non-hydrogen) atoms. The number of hydrogen-bond acceptors (Lipinski definition) is 14. The SMILES string of the molecule is CO.CO.COc1cccc(C=Nc2ccccc2N=Cc2cccc(OC)c2[O-])c1[O-].COc1cccc(C=Nc2ccccc2N=Cc2cccc(OC)c2[O-])c1[O-].[Dy+3].[Na+]. The van der Waals surface area contributed by atoms with Gasteiger partial charge in [-0.05, 0) is 70.8 Å². The van der Waals surface area contributed by atoms with E-state index in [2.05, 4.69) is 20.0 Å². The molecule has 6 aromatic carbocycles. The third-order valence-corrected chi connectivity index (χ3v) is 8.05. The van der Waals surface area contributed by atoms with Crippen molar-refractivity contribution in [2.24, 2.45) is 20.0 Å². The molecule has 0 atom stereocenters. The van der Waals surface area contributed by atoms with Gasteiger partial charge in [0.15, 0.2) is 0 Å². The van der Waals surface area contributed by atoms with E-state index in [4.69, 9.17) is 29.2 Å². The third-order valence-electron chi connectivity index (χ3n) is 8.05. The smallest absolute Gasteiger partial charge is 0.870 e. The van der Waals surface area contributed by atoms with Gasteiger partial charge in [0.1, 0.15) is 23.0 Å². The molecule has 6 rings (SSSR count). The summed E-state index contributed by atoms with van der Waals surface area (Å²) in [5.74, 6) is 0.105. The van der Waals surface area contributed by atoms with Gasteiger partial charge >= 0.3 is 67.7 Å². The minimum atomic E-state index is -0.234. The topological polar surface area (TPSA) is 219 Å². The molecule has 319 valence electrons.